The first-order valence-corrected chi connectivity index (χ1v) is 8.16. The van der Waals surface area contributed by atoms with E-state index in [0.717, 1.165) is 4.90 Å². The van der Waals surface area contributed by atoms with E-state index >= 15 is 0 Å². The van der Waals surface area contributed by atoms with Crippen LogP contribution in [-0.2, 0) is 0 Å². The molecule has 2 rings (SSSR count). The van der Waals surface area contributed by atoms with E-state index in [1.807, 2.05) is 0 Å². The fourth-order valence-corrected chi connectivity index (χ4v) is 2.91. The Hall–Kier alpha value is -2.68. The van der Waals surface area contributed by atoms with E-state index in [0.29, 0.717) is 30.1 Å². The maximum Gasteiger partial charge on any atom is 0.251 e. The number of carboxylic acid groups (broad SMARTS) is 1. The minimum absolute atomic E-state index is 0.0420. The van der Waals surface area contributed by atoms with Crippen molar-refractivity contribution in [1.82, 2.24) is 10.2 Å². The van der Waals surface area contributed by atoms with Crippen molar-refractivity contribution >= 4 is 12.0 Å². The molecular formula is C17H23N2O7-. The Labute approximate surface area is 151 Å². The van der Waals surface area contributed by atoms with Crippen molar-refractivity contribution in [3.05, 3.63) is 17.7 Å². The Balaban J connectivity index is 2.23. The van der Waals surface area contributed by atoms with Gasteiger partial charge in [-0.25, -0.2) is 0 Å². The third-order valence-electron chi connectivity index (χ3n) is 4.31. The van der Waals surface area contributed by atoms with Gasteiger partial charge in [0.15, 0.2) is 11.5 Å². The highest BCUT2D eigenvalue weighted by Crippen LogP contribution is 2.38. The van der Waals surface area contributed by atoms with Crippen molar-refractivity contribution in [3.8, 4) is 17.2 Å². The molecule has 0 saturated carbocycles. The number of hydrogen-bond donors (Lipinski definition) is 2. The summed E-state index contributed by atoms with van der Waals surface area (Å²) in [7, 11) is 4.33. The van der Waals surface area contributed by atoms with Crippen molar-refractivity contribution in [1.29, 1.82) is 0 Å². The minimum atomic E-state index is -1.33. The van der Waals surface area contributed by atoms with Crippen LogP contribution in [0.4, 0.5) is 4.79 Å². The second-order valence-electron chi connectivity index (χ2n) is 5.92. The summed E-state index contributed by atoms with van der Waals surface area (Å²) >= 11 is 0. The van der Waals surface area contributed by atoms with Gasteiger partial charge in [0.05, 0.1) is 33.5 Å². The molecule has 0 radical (unpaired) electrons. The standard InChI is InChI=1S/C17H24N2O7/c1-24-13-7-10(8-14(25-2)15(13)26-3)16(21)18-11-9-19(17(22)23)6-4-5-12(11)20/h7-8,11-12,20H,4-6,9H2,1-3H3,(H,18,21)(H,22,23)/p-1/t11-,12-/m1/s1. The topological polar surface area (TPSA) is 120 Å². The zero-order chi connectivity index (χ0) is 19.3. The van der Waals surface area contributed by atoms with Crippen LogP contribution < -0.4 is 24.6 Å². The summed E-state index contributed by atoms with van der Waals surface area (Å²) in [5, 5.41) is 24.0. The van der Waals surface area contributed by atoms with Gasteiger partial charge in [-0.2, -0.15) is 0 Å². The van der Waals surface area contributed by atoms with E-state index < -0.39 is 24.1 Å². The smallest absolute Gasteiger partial charge is 0.251 e. The van der Waals surface area contributed by atoms with Crippen molar-refractivity contribution in [2.24, 2.45) is 0 Å². The number of likely N-dealkylation sites (tertiary alicyclic amines) is 1. The van der Waals surface area contributed by atoms with Gasteiger partial charge < -0.3 is 39.4 Å². The predicted octanol–water partition coefficient (Wildman–Crippen LogP) is -0.389. The molecule has 0 spiro atoms. The number of carbonyl (C=O) groups excluding carboxylic acids is 2. The normalized spacial score (nSPS) is 20.1. The molecule has 2 atom stereocenters. The van der Waals surface area contributed by atoms with E-state index in [-0.39, 0.29) is 18.7 Å². The van der Waals surface area contributed by atoms with Gasteiger partial charge in [0.25, 0.3) is 5.91 Å². The first-order valence-electron chi connectivity index (χ1n) is 8.16. The fourth-order valence-electron chi connectivity index (χ4n) is 2.91. The van der Waals surface area contributed by atoms with Gasteiger partial charge in [-0.1, -0.05) is 0 Å². The quantitative estimate of drug-likeness (QED) is 0.727. The molecule has 0 bridgehead atoms. The van der Waals surface area contributed by atoms with Crippen LogP contribution in [-0.4, -0.2) is 68.6 Å². The zero-order valence-corrected chi connectivity index (χ0v) is 15.0. The fraction of sp³-hybridized carbons (Fsp3) is 0.529. The van der Waals surface area contributed by atoms with E-state index in [2.05, 4.69) is 5.32 Å². The lowest BCUT2D eigenvalue weighted by molar-refractivity contribution is -0.265. The number of ether oxygens (including phenoxy) is 3. The number of nitrogens with zero attached hydrogens (tertiary/aromatic N) is 1. The number of benzene rings is 1. The predicted molar refractivity (Wildman–Crippen MR) is 89.6 cm³/mol. The largest absolute Gasteiger partial charge is 0.530 e. The highest BCUT2D eigenvalue weighted by molar-refractivity contribution is 5.96. The van der Waals surface area contributed by atoms with Crippen LogP contribution in [0, 0.1) is 0 Å². The Morgan fingerprint density at radius 3 is 2.31 bits per heavy atom. The van der Waals surface area contributed by atoms with Crippen molar-refractivity contribution < 1.29 is 34.0 Å². The molecule has 144 valence electrons. The summed E-state index contributed by atoms with van der Waals surface area (Å²) in [5.74, 6) is 0.488. The second-order valence-corrected chi connectivity index (χ2v) is 5.92. The maximum atomic E-state index is 12.6. The monoisotopic (exact) mass is 367 g/mol. The molecule has 26 heavy (non-hydrogen) atoms. The molecule has 1 aliphatic heterocycles. The van der Waals surface area contributed by atoms with Gasteiger partial charge in [0.2, 0.25) is 5.75 Å². The number of hydrogen-bond acceptors (Lipinski definition) is 7. The first-order chi connectivity index (χ1) is 12.4. The van der Waals surface area contributed by atoms with Crippen molar-refractivity contribution in [2.75, 3.05) is 34.4 Å². The highest BCUT2D eigenvalue weighted by atomic mass is 16.5. The number of nitrogens with one attached hydrogen (secondary N) is 1. The minimum Gasteiger partial charge on any atom is -0.530 e. The maximum absolute atomic E-state index is 12.6. The molecule has 1 heterocycles. The number of carbonyl (C=O) groups is 2. The molecule has 1 aliphatic rings. The van der Waals surface area contributed by atoms with E-state index in [4.69, 9.17) is 14.2 Å². The number of aliphatic hydroxyl groups is 1. The average Bonchev–Trinajstić information content (AvgIpc) is 2.82. The number of rotatable bonds is 5. The Kier molecular flexibility index (Phi) is 6.51. The van der Waals surface area contributed by atoms with Crippen LogP contribution in [0.5, 0.6) is 17.2 Å². The molecule has 2 amide bonds. The summed E-state index contributed by atoms with van der Waals surface area (Å²) in [6.45, 7) is 0.218. The van der Waals surface area contributed by atoms with Crippen LogP contribution >= 0.6 is 0 Å². The van der Waals surface area contributed by atoms with Gasteiger partial charge in [-0.3, -0.25) is 4.79 Å². The lowest BCUT2D eigenvalue weighted by Crippen LogP contribution is -2.52. The van der Waals surface area contributed by atoms with Crippen LogP contribution in [0.1, 0.15) is 23.2 Å². The average molecular weight is 367 g/mol. The molecule has 2 N–H and O–H groups in total. The summed E-state index contributed by atoms with van der Waals surface area (Å²) < 4.78 is 15.7. The third kappa shape index (κ3) is 4.29. The summed E-state index contributed by atoms with van der Waals surface area (Å²) in [6, 6.07) is 2.22. The molecule has 1 aromatic rings. The van der Waals surface area contributed by atoms with E-state index in [1.165, 1.54) is 33.5 Å². The van der Waals surface area contributed by atoms with Crippen LogP contribution in [0.15, 0.2) is 12.1 Å². The van der Waals surface area contributed by atoms with Crippen LogP contribution in [0.25, 0.3) is 0 Å². The third-order valence-corrected chi connectivity index (χ3v) is 4.31. The Morgan fingerprint density at radius 2 is 1.81 bits per heavy atom. The molecule has 1 saturated heterocycles. The lowest BCUT2D eigenvalue weighted by atomic mass is 10.1. The molecule has 1 aromatic carbocycles. The molecule has 0 aromatic heterocycles. The summed E-state index contributed by atoms with van der Waals surface area (Å²) in [5.41, 5.74) is 0.232. The summed E-state index contributed by atoms with van der Waals surface area (Å²) in [4.78, 5) is 24.8. The number of aliphatic hydroxyl groups excluding tert-OH is 1. The van der Waals surface area contributed by atoms with E-state index in [9.17, 15) is 19.8 Å². The van der Waals surface area contributed by atoms with Gasteiger partial charge >= 0.3 is 0 Å². The molecular weight excluding hydrogens is 344 g/mol. The highest BCUT2D eigenvalue weighted by Gasteiger charge is 2.28. The molecule has 9 nitrogen and oxygen atoms in total. The Morgan fingerprint density at radius 1 is 1.19 bits per heavy atom. The SMILES string of the molecule is COc1cc(C(=O)N[C@@H]2CN(C(=O)[O-])CCC[C@H]2O)cc(OC)c1OC. The van der Waals surface area contributed by atoms with Gasteiger partial charge in [-0.15, -0.1) is 0 Å². The van der Waals surface area contributed by atoms with Crippen LogP contribution in [0.3, 0.4) is 0 Å². The molecule has 9 heteroatoms. The summed E-state index contributed by atoms with van der Waals surface area (Å²) in [6.07, 6.45) is -1.31. The molecule has 1 fully saturated rings. The van der Waals surface area contributed by atoms with Crippen molar-refractivity contribution in [3.63, 3.8) is 0 Å². The second kappa shape index (κ2) is 8.61. The van der Waals surface area contributed by atoms with Crippen molar-refractivity contribution in [2.45, 2.75) is 25.0 Å². The Bertz CT molecular complexity index is 640. The molecule has 0 unspecified atom stereocenters. The zero-order valence-electron chi connectivity index (χ0n) is 15.0. The van der Waals surface area contributed by atoms with Crippen LogP contribution in [0.2, 0.25) is 0 Å². The number of amides is 2. The first kappa shape index (κ1) is 19.6. The van der Waals surface area contributed by atoms with Gasteiger partial charge in [-0.05, 0) is 25.0 Å². The van der Waals surface area contributed by atoms with Gasteiger partial charge in [0, 0.05) is 18.7 Å². The molecule has 0 aliphatic carbocycles. The number of methoxy groups -OCH3 is 3. The van der Waals surface area contributed by atoms with Gasteiger partial charge in [0.1, 0.15) is 6.09 Å². The van der Waals surface area contributed by atoms with E-state index in [1.54, 1.807) is 0 Å². The lowest BCUT2D eigenvalue weighted by Gasteiger charge is -2.28.